The van der Waals surface area contributed by atoms with Gasteiger partial charge < -0.3 is 0 Å². The highest BCUT2D eigenvalue weighted by Gasteiger charge is 2.08. The second-order valence-electron chi connectivity index (χ2n) is 3.78. The Labute approximate surface area is 85.1 Å². The van der Waals surface area contributed by atoms with Gasteiger partial charge in [-0.25, -0.2) is 0 Å². The van der Waals surface area contributed by atoms with E-state index < -0.39 is 0 Å². The van der Waals surface area contributed by atoms with Crippen molar-refractivity contribution in [3.05, 3.63) is 21.6 Å². The van der Waals surface area contributed by atoms with Crippen molar-refractivity contribution in [1.29, 1.82) is 0 Å². The Morgan fingerprint density at radius 1 is 1.29 bits per heavy atom. The topological polar surface area (TPSA) is 37.8 Å². The Hall–Kier alpha value is -0.990. The van der Waals surface area contributed by atoms with E-state index in [9.17, 15) is 4.79 Å². The van der Waals surface area contributed by atoms with Crippen LogP contribution in [0.4, 0.5) is 0 Å². The molecule has 0 aromatic carbocycles. The summed E-state index contributed by atoms with van der Waals surface area (Å²) in [6, 6.07) is 0. The zero-order chi connectivity index (χ0) is 10.6. The van der Waals surface area contributed by atoms with Crippen molar-refractivity contribution in [2.24, 2.45) is 0 Å². The van der Waals surface area contributed by atoms with Crippen molar-refractivity contribution in [3.8, 4) is 0 Å². The van der Waals surface area contributed by atoms with Crippen LogP contribution in [0.15, 0.2) is 4.79 Å². The monoisotopic (exact) mass is 196 g/mol. The first-order chi connectivity index (χ1) is 6.70. The van der Waals surface area contributed by atoms with Gasteiger partial charge in [-0.1, -0.05) is 20.3 Å². The van der Waals surface area contributed by atoms with Crippen LogP contribution in [-0.2, 0) is 13.0 Å². The van der Waals surface area contributed by atoms with Gasteiger partial charge in [0.1, 0.15) is 0 Å². The second kappa shape index (κ2) is 5.03. The van der Waals surface area contributed by atoms with Crippen molar-refractivity contribution in [1.82, 2.24) is 9.78 Å². The summed E-state index contributed by atoms with van der Waals surface area (Å²) >= 11 is 0. The van der Waals surface area contributed by atoms with E-state index in [-0.39, 0.29) is 5.56 Å². The number of hydrogen-bond acceptors (Lipinski definition) is 1. The molecule has 0 aliphatic rings. The highest BCUT2D eigenvalue weighted by Crippen LogP contribution is 2.04. The molecule has 0 spiro atoms. The normalized spacial score (nSPS) is 10.8. The molecule has 0 amide bonds. The van der Waals surface area contributed by atoms with Gasteiger partial charge in [-0.15, -0.1) is 0 Å². The second-order valence-corrected chi connectivity index (χ2v) is 3.78. The van der Waals surface area contributed by atoms with E-state index in [1.54, 1.807) is 4.68 Å². The van der Waals surface area contributed by atoms with Gasteiger partial charge in [-0.05, 0) is 26.2 Å². The van der Waals surface area contributed by atoms with E-state index in [1.165, 1.54) is 6.42 Å². The largest absolute Gasteiger partial charge is 0.299 e. The summed E-state index contributed by atoms with van der Waals surface area (Å²) in [5, 5.41) is 3.19. The minimum absolute atomic E-state index is 0.151. The molecule has 1 heterocycles. The third kappa shape index (κ3) is 2.28. The van der Waals surface area contributed by atoms with Crippen molar-refractivity contribution in [2.75, 3.05) is 0 Å². The van der Waals surface area contributed by atoms with Gasteiger partial charge in [0.05, 0.1) is 0 Å². The van der Waals surface area contributed by atoms with E-state index in [1.807, 2.05) is 6.92 Å². The molecule has 1 rings (SSSR count). The summed E-state index contributed by atoms with van der Waals surface area (Å²) in [6.45, 7) is 6.95. The maximum Gasteiger partial charge on any atom is 0.269 e. The first-order valence-corrected chi connectivity index (χ1v) is 5.49. The molecule has 1 aromatic heterocycles. The average molecular weight is 196 g/mol. The lowest BCUT2D eigenvalue weighted by molar-refractivity contribution is 0.575. The summed E-state index contributed by atoms with van der Waals surface area (Å²) in [4.78, 5) is 11.7. The van der Waals surface area contributed by atoms with Gasteiger partial charge in [0.15, 0.2) is 0 Å². The first-order valence-electron chi connectivity index (χ1n) is 5.49. The third-order valence-corrected chi connectivity index (χ3v) is 2.52. The van der Waals surface area contributed by atoms with Crippen LogP contribution >= 0.6 is 0 Å². The zero-order valence-corrected chi connectivity index (χ0v) is 9.39. The van der Waals surface area contributed by atoms with E-state index in [0.717, 1.165) is 37.1 Å². The number of aryl methyl sites for hydroxylation is 2. The number of aromatic amines is 1. The van der Waals surface area contributed by atoms with Crippen LogP contribution in [0.3, 0.4) is 0 Å². The maximum absolute atomic E-state index is 11.7. The Kier molecular flexibility index (Phi) is 3.98. The molecular formula is C11H20N2O. The van der Waals surface area contributed by atoms with Crippen LogP contribution in [0.2, 0.25) is 0 Å². The van der Waals surface area contributed by atoms with E-state index in [0.29, 0.717) is 0 Å². The molecule has 0 aliphatic carbocycles. The molecule has 0 unspecified atom stereocenters. The molecule has 0 fully saturated rings. The number of nitrogens with zero attached hydrogens (tertiary/aromatic N) is 1. The number of unbranched alkanes of at least 4 members (excludes halogenated alkanes) is 1. The fraction of sp³-hybridized carbons (Fsp3) is 0.727. The van der Waals surface area contributed by atoms with Gasteiger partial charge in [-0.3, -0.25) is 14.6 Å². The quantitative estimate of drug-likeness (QED) is 0.770. The van der Waals surface area contributed by atoms with Crippen molar-refractivity contribution < 1.29 is 0 Å². The lowest BCUT2D eigenvalue weighted by atomic mass is 10.1. The molecule has 0 aliphatic heterocycles. The molecular weight excluding hydrogens is 176 g/mol. The molecule has 3 nitrogen and oxygen atoms in total. The van der Waals surface area contributed by atoms with Crippen LogP contribution < -0.4 is 5.56 Å². The van der Waals surface area contributed by atoms with E-state index in [2.05, 4.69) is 18.9 Å². The smallest absolute Gasteiger partial charge is 0.269 e. The standard InChI is InChI=1S/C11H20N2O/c1-4-6-7-10-9(3)11(14)13(12-10)8-5-2/h12H,4-8H2,1-3H3. The highest BCUT2D eigenvalue weighted by molar-refractivity contribution is 5.15. The first kappa shape index (κ1) is 11.1. The van der Waals surface area contributed by atoms with Crippen molar-refractivity contribution in [3.63, 3.8) is 0 Å². The SMILES string of the molecule is CCCCc1[nH]n(CCC)c(=O)c1C. The maximum atomic E-state index is 11.7. The van der Waals surface area contributed by atoms with Gasteiger partial charge in [-0.2, -0.15) is 0 Å². The highest BCUT2D eigenvalue weighted by atomic mass is 16.1. The predicted octanol–water partition coefficient (Wildman–Crippen LogP) is 2.24. The fourth-order valence-corrected chi connectivity index (χ4v) is 1.61. The Balaban J connectivity index is 2.85. The number of rotatable bonds is 5. The van der Waals surface area contributed by atoms with Gasteiger partial charge in [0.2, 0.25) is 0 Å². The molecule has 14 heavy (non-hydrogen) atoms. The van der Waals surface area contributed by atoms with Crippen LogP contribution in [0.5, 0.6) is 0 Å². The lowest BCUT2D eigenvalue weighted by Crippen LogP contribution is -2.17. The predicted molar refractivity (Wildman–Crippen MR) is 58.7 cm³/mol. The Bertz CT molecular complexity index is 336. The Morgan fingerprint density at radius 2 is 2.00 bits per heavy atom. The van der Waals surface area contributed by atoms with E-state index in [4.69, 9.17) is 0 Å². The Morgan fingerprint density at radius 3 is 2.57 bits per heavy atom. The molecule has 0 bridgehead atoms. The lowest BCUT2D eigenvalue weighted by Gasteiger charge is -1.98. The van der Waals surface area contributed by atoms with E-state index >= 15 is 0 Å². The summed E-state index contributed by atoms with van der Waals surface area (Å²) < 4.78 is 1.72. The van der Waals surface area contributed by atoms with Crippen LogP contribution in [0.1, 0.15) is 44.4 Å². The van der Waals surface area contributed by atoms with Crippen LogP contribution in [0.25, 0.3) is 0 Å². The van der Waals surface area contributed by atoms with Crippen LogP contribution in [0, 0.1) is 6.92 Å². The van der Waals surface area contributed by atoms with Crippen molar-refractivity contribution >= 4 is 0 Å². The summed E-state index contributed by atoms with van der Waals surface area (Å²) in [5.41, 5.74) is 2.16. The minimum Gasteiger partial charge on any atom is -0.299 e. The zero-order valence-electron chi connectivity index (χ0n) is 9.39. The average Bonchev–Trinajstić information content (AvgIpc) is 2.44. The van der Waals surface area contributed by atoms with Gasteiger partial charge in [0.25, 0.3) is 5.56 Å². The molecule has 1 aromatic rings. The third-order valence-electron chi connectivity index (χ3n) is 2.52. The molecule has 1 N–H and O–H groups in total. The summed E-state index contributed by atoms with van der Waals surface area (Å²) in [5.74, 6) is 0. The molecule has 80 valence electrons. The molecule has 3 heteroatoms. The van der Waals surface area contributed by atoms with Crippen molar-refractivity contribution in [2.45, 2.75) is 53.0 Å². The molecule has 0 saturated heterocycles. The summed E-state index contributed by atoms with van der Waals surface area (Å²) in [6.07, 6.45) is 4.30. The van der Waals surface area contributed by atoms with Gasteiger partial charge in [0, 0.05) is 17.8 Å². The molecule has 0 saturated carbocycles. The number of nitrogens with one attached hydrogen (secondary N) is 1. The fourth-order valence-electron chi connectivity index (χ4n) is 1.61. The number of hydrogen-bond donors (Lipinski definition) is 1. The minimum atomic E-state index is 0.151. The molecule has 0 radical (unpaired) electrons. The molecule has 0 atom stereocenters. The number of H-pyrrole nitrogens is 1. The van der Waals surface area contributed by atoms with Gasteiger partial charge >= 0.3 is 0 Å². The number of aromatic nitrogens is 2. The summed E-state index contributed by atoms with van der Waals surface area (Å²) in [7, 11) is 0. The van der Waals surface area contributed by atoms with Crippen LogP contribution in [-0.4, -0.2) is 9.78 Å².